The Morgan fingerprint density at radius 1 is 1.50 bits per heavy atom. The van der Waals surface area contributed by atoms with Crippen LogP contribution in [0.3, 0.4) is 0 Å². The minimum Gasteiger partial charge on any atom is -0.307 e. The van der Waals surface area contributed by atoms with Crippen LogP contribution in [-0.2, 0) is 10.8 Å². The normalized spacial score (nSPS) is 27.6. The third-order valence-electron chi connectivity index (χ3n) is 3.06. The van der Waals surface area contributed by atoms with Gasteiger partial charge in [0.15, 0.2) is 0 Å². The minimum absolute atomic E-state index is 0.324. The van der Waals surface area contributed by atoms with Crippen LogP contribution >= 0.6 is 0 Å². The largest absolute Gasteiger partial charge is 0.307 e. The number of hydrogen-bond donors (Lipinski definition) is 1. The predicted molar refractivity (Wildman–Crippen MR) is 66.7 cm³/mol. The molecule has 2 heterocycles. The van der Waals surface area contributed by atoms with Gasteiger partial charge in [-0.25, -0.2) is 0 Å². The second-order valence-corrected chi connectivity index (χ2v) is 5.99. The monoisotopic (exact) mass is 238 g/mol. The van der Waals surface area contributed by atoms with Crippen LogP contribution in [0.5, 0.6) is 0 Å². The van der Waals surface area contributed by atoms with Crippen molar-refractivity contribution >= 4 is 10.8 Å². The first-order valence-electron chi connectivity index (χ1n) is 5.76. The van der Waals surface area contributed by atoms with Gasteiger partial charge in [-0.2, -0.15) is 0 Å². The molecule has 0 bridgehead atoms. The molecular formula is C12H18N2OS. The summed E-state index contributed by atoms with van der Waals surface area (Å²) in [5, 5.41) is 3.58. The van der Waals surface area contributed by atoms with E-state index in [2.05, 4.69) is 23.3 Å². The van der Waals surface area contributed by atoms with E-state index < -0.39 is 10.8 Å². The van der Waals surface area contributed by atoms with Crippen LogP contribution in [-0.4, -0.2) is 26.7 Å². The molecule has 0 aromatic carbocycles. The van der Waals surface area contributed by atoms with Crippen molar-refractivity contribution in [1.82, 2.24) is 10.3 Å². The van der Waals surface area contributed by atoms with Crippen molar-refractivity contribution in [2.75, 3.05) is 11.5 Å². The highest BCUT2D eigenvalue weighted by molar-refractivity contribution is 7.85. The predicted octanol–water partition coefficient (Wildman–Crippen LogP) is 1.64. The van der Waals surface area contributed by atoms with Crippen molar-refractivity contribution in [2.24, 2.45) is 0 Å². The molecule has 0 radical (unpaired) electrons. The summed E-state index contributed by atoms with van der Waals surface area (Å²) in [4.78, 5) is 4.12. The average Bonchev–Trinajstić information content (AvgIpc) is 2.33. The lowest BCUT2D eigenvalue weighted by molar-refractivity contribution is 0.426. The lowest BCUT2D eigenvalue weighted by Crippen LogP contribution is -2.37. The van der Waals surface area contributed by atoms with E-state index in [1.54, 1.807) is 6.20 Å². The van der Waals surface area contributed by atoms with Crippen LogP contribution in [0.2, 0.25) is 0 Å². The van der Waals surface area contributed by atoms with Gasteiger partial charge in [0.05, 0.1) is 0 Å². The molecule has 1 aromatic heterocycles. The SMILES string of the molecule is C[C@@H](NC1CCS(=O)CC1)c1cccnc1. The van der Waals surface area contributed by atoms with E-state index >= 15 is 0 Å². The van der Waals surface area contributed by atoms with Crippen molar-refractivity contribution in [2.45, 2.75) is 31.8 Å². The Bertz CT molecular complexity index is 345. The average molecular weight is 238 g/mol. The quantitative estimate of drug-likeness (QED) is 0.870. The molecule has 1 N–H and O–H groups in total. The fourth-order valence-electron chi connectivity index (χ4n) is 2.04. The lowest BCUT2D eigenvalue weighted by atomic mass is 10.1. The minimum atomic E-state index is -0.573. The fourth-order valence-corrected chi connectivity index (χ4v) is 3.34. The summed E-state index contributed by atoms with van der Waals surface area (Å²) in [6, 6.07) is 4.88. The zero-order valence-corrected chi connectivity index (χ0v) is 10.4. The topological polar surface area (TPSA) is 42.0 Å². The third-order valence-corrected chi connectivity index (χ3v) is 4.44. The Labute approximate surface area is 99.1 Å². The van der Waals surface area contributed by atoms with Crippen LogP contribution in [0.1, 0.15) is 31.4 Å². The molecule has 1 aliphatic heterocycles. The number of hydrogen-bond acceptors (Lipinski definition) is 3. The van der Waals surface area contributed by atoms with Gasteiger partial charge in [-0.3, -0.25) is 9.19 Å². The highest BCUT2D eigenvalue weighted by atomic mass is 32.2. The van der Waals surface area contributed by atoms with Gasteiger partial charge in [-0.05, 0) is 31.4 Å². The standard InChI is InChI=1S/C12H18N2OS/c1-10(11-3-2-6-13-9-11)14-12-4-7-16(15)8-5-12/h2-3,6,9-10,12,14H,4-5,7-8H2,1H3/t10-,12?,16?/m1/s1. The first kappa shape index (κ1) is 11.7. The molecule has 1 atom stereocenters. The maximum atomic E-state index is 11.2. The second-order valence-electron chi connectivity index (χ2n) is 4.30. The van der Waals surface area contributed by atoms with E-state index in [0.717, 1.165) is 24.3 Å². The maximum Gasteiger partial charge on any atom is 0.0315 e. The van der Waals surface area contributed by atoms with Crippen LogP contribution in [0.15, 0.2) is 24.5 Å². The summed E-state index contributed by atoms with van der Waals surface area (Å²) in [6.45, 7) is 2.16. The molecule has 0 saturated carbocycles. The van der Waals surface area contributed by atoms with Gasteiger partial charge in [-0.1, -0.05) is 6.07 Å². The van der Waals surface area contributed by atoms with Gasteiger partial charge >= 0.3 is 0 Å². The molecular weight excluding hydrogens is 220 g/mol. The molecule has 88 valence electrons. The first-order chi connectivity index (χ1) is 7.75. The number of nitrogens with zero attached hydrogens (tertiary/aromatic N) is 1. The zero-order valence-electron chi connectivity index (χ0n) is 9.56. The van der Waals surface area contributed by atoms with Gasteiger partial charge in [0.1, 0.15) is 0 Å². The number of aromatic nitrogens is 1. The molecule has 1 aliphatic rings. The molecule has 0 aliphatic carbocycles. The van der Waals surface area contributed by atoms with Crippen molar-refractivity contribution in [3.63, 3.8) is 0 Å². The summed E-state index contributed by atoms with van der Waals surface area (Å²) in [5.74, 6) is 1.69. The summed E-state index contributed by atoms with van der Waals surface area (Å²) < 4.78 is 11.2. The number of nitrogens with one attached hydrogen (secondary N) is 1. The number of pyridine rings is 1. The van der Waals surface area contributed by atoms with E-state index in [-0.39, 0.29) is 0 Å². The Morgan fingerprint density at radius 3 is 2.88 bits per heavy atom. The zero-order chi connectivity index (χ0) is 11.4. The molecule has 16 heavy (non-hydrogen) atoms. The molecule has 2 rings (SSSR count). The Morgan fingerprint density at radius 2 is 2.25 bits per heavy atom. The first-order valence-corrected chi connectivity index (χ1v) is 7.25. The van der Waals surface area contributed by atoms with Crippen LogP contribution < -0.4 is 5.32 Å². The van der Waals surface area contributed by atoms with Crippen LogP contribution in [0.25, 0.3) is 0 Å². The highest BCUT2D eigenvalue weighted by Gasteiger charge is 2.19. The summed E-state index contributed by atoms with van der Waals surface area (Å²) in [5.41, 5.74) is 1.22. The molecule has 0 spiro atoms. The fraction of sp³-hybridized carbons (Fsp3) is 0.583. The van der Waals surface area contributed by atoms with E-state index in [9.17, 15) is 4.21 Å². The summed E-state index contributed by atoms with van der Waals surface area (Å²) in [6.07, 6.45) is 5.74. The van der Waals surface area contributed by atoms with E-state index in [1.807, 2.05) is 12.3 Å². The molecule has 3 nitrogen and oxygen atoms in total. The smallest absolute Gasteiger partial charge is 0.0315 e. The number of rotatable bonds is 3. The molecule has 1 aromatic rings. The van der Waals surface area contributed by atoms with E-state index in [1.165, 1.54) is 5.56 Å². The Balaban J connectivity index is 1.88. The molecule has 1 fully saturated rings. The van der Waals surface area contributed by atoms with E-state index in [0.29, 0.717) is 12.1 Å². The second kappa shape index (κ2) is 5.55. The summed E-state index contributed by atoms with van der Waals surface area (Å²) >= 11 is 0. The van der Waals surface area contributed by atoms with Crippen molar-refractivity contribution in [1.29, 1.82) is 0 Å². The van der Waals surface area contributed by atoms with Crippen LogP contribution in [0, 0.1) is 0 Å². The van der Waals surface area contributed by atoms with Crippen LogP contribution in [0.4, 0.5) is 0 Å². The van der Waals surface area contributed by atoms with Gasteiger partial charge in [0, 0.05) is 46.8 Å². The Kier molecular flexibility index (Phi) is 4.07. The van der Waals surface area contributed by atoms with Crippen molar-refractivity contribution in [3.05, 3.63) is 30.1 Å². The van der Waals surface area contributed by atoms with Gasteiger partial charge < -0.3 is 5.32 Å². The van der Waals surface area contributed by atoms with Crippen molar-refractivity contribution in [3.8, 4) is 0 Å². The summed E-state index contributed by atoms with van der Waals surface area (Å²) in [7, 11) is -0.573. The molecule has 1 saturated heterocycles. The van der Waals surface area contributed by atoms with Gasteiger partial charge in [0.25, 0.3) is 0 Å². The lowest BCUT2D eigenvalue weighted by Gasteiger charge is -2.26. The Hall–Kier alpha value is -0.740. The molecule has 4 heteroatoms. The third kappa shape index (κ3) is 3.12. The molecule has 0 unspecified atom stereocenters. The highest BCUT2D eigenvalue weighted by Crippen LogP contribution is 2.16. The van der Waals surface area contributed by atoms with Gasteiger partial charge in [-0.15, -0.1) is 0 Å². The van der Waals surface area contributed by atoms with Gasteiger partial charge in [0.2, 0.25) is 0 Å². The maximum absolute atomic E-state index is 11.2. The molecule has 0 amide bonds. The van der Waals surface area contributed by atoms with E-state index in [4.69, 9.17) is 0 Å². The van der Waals surface area contributed by atoms with Crippen molar-refractivity contribution < 1.29 is 4.21 Å².